The number of carbonyl (C=O) groups is 3. The minimum absolute atomic E-state index is 0.187. The van der Waals surface area contributed by atoms with Crippen molar-refractivity contribution in [3.05, 3.63) is 35.0 Å². The lowest BCUT2D eigenvalue weighted by molar-refractivity contribution is -0.123. The molecule has 2 N–H and O–H groups in total. The van der Waals surface area contributed by atoms with Gasteiger partial charge in [0.15, 0.2) is 6.61 Å². The highest BCUT2D eigenvalue weighted by Gasteiger charge is 2.16. The Morgan fingerprint density at radius 2 is 2.04 bits per heavy atom. The highest BCUT2D eigenvalue weighted by atomic mass is 32.1. The monoisotopic (exact) mass is 352 g/mol. The molecule has 0 radical (unpaired) electrons. The molecule has 0 atom stereocenters. The zero-order chi connectivity index (χ0) is 17.7. The molecule has 2 rings (SSSR count). The van der Waals surface area contributed by atoms with Crippen LogP contribution in [-0.2, 0) is 9.53 Å². The van der Waals surface area contributed by atoms with Gasteiger partial charge >= 0.3 is 12.0 Å². The normalized spacial score (nSPS) is 10.7. The Morgan fingerprint density at radius 1 is 1.29 bits per heavy atom. The summed E-state index contributed by atoms with van der Waals surface area (Å²) in [6.07, 6.45) is 0. The predicted molar refractivity (Wildman–Crippen MR) is 88.4 cm³/mol. The SMILES string of the molecule is CC(C)CNC(=O)NC(=O)COC(=O)c1cc2c(F)cccc2s1. The van der Waals surface area contributed by atoms with Crippen LogP contribution in [0.25, 0.3) is 10.1 Å². The fourth-order valence-electron chi connectivity index (χ4n) is 1.83. The highest BCUT2D eigenvalue weighted by Crippen LogP contribution is 2.27. The van der Waals surface area contributed by atoms with E-state index in [1.807, 2.05) is 13.8 Å². The molecular weight excluding hydrogens is 335 g/mol. The number of hydrogen-bond donors (Lipinski definition) is 2. The third-order valence-electron chi connectivity index (χ3n) is 2.97. The molecule has 0 fully saturated rings. The van der Waals surface area contributed by atoms with Gasteiger partial charge in [0.2, 0.25) is 0 Å². The summed E-state index contributed by atoms with van der Waals surface area (Å²) in [5.41, 5.74) is 0. The fraction of sp³-hybridized carbons (Fsp3) is 0.312. The van der Waals surface area contributed by atoms with Gasteiger partial charge in [-0.1, -0.05) is 19.9 Å². The molecule has 2 aromatic rings. The first-order valence-electron chi connectivity index (χ1n) is 7.29. The predicted octanol–water partition coefficient (Wildman–Crippen LogP) is 2.68. The quantitative estimate of drug-likeness (QED) is 0.810. The molecular formula is C16H17FN2O4S. The van der Waals surface area contributed by atoms with E-state index in [4.69, 9.17) is 4.74 Å². The maximum atomic E-state index is 13.6. The summed E-state index contributed by atoms with van der Waals surface area (Å²) < 4.78 is 19.0. The van der Waals surface area contributed by atoms with Crippen molar-refractivity contribution in [3.63, 3.8) is 0 Å². The van der Waals surface area contributed by atoms with Crippen LogP contribution in [0.2, 0.25) is 0 Å². The lowest BCUT2D eigenvalue weighted by Crippen LogP contribution is -2.42. The molecule has 24 heavy (non-hydrogen) atoms. The smallest absolute Gasteiger partial charge is 0.348 e. The summed E-state index contributed by atoms with van der Waals surface area (Å²) in [4.78, 5) is 35.1. The van der Waals surface area contributed by atoms with Gasteiger partial charge in [0, 0.05) is 16.6 Å². The van der Waals surface area contributed by atoms with Crippen molar-refractivity contribution in [3.8, 4) is 0 Å². The van der Waals surface area contributed by atoms with E-state index in [2.05, 4.69) is 10.6 Å². The molecule has 3 amide bonds. The van der Waals surface area contributed by atoms with Crippen LogP contribution in [0.4, 0.5) is 9.18 Å². The van der Waals surface area contributed by atoms with E-state index in [0.717, 1.165) is 11.3 Å². The first-order chi connectivity index (χ1) is 11.4. The van der Waals surface area contributed by atoms with Gasteiger partial charge in [-0.25, -0.2) is 14.0 Å². The Morgan fingerprint density at radius 3 is 2.71 bits per heavy atom. The maximum absolute atomic E-state index is 13.6. The van der Waals surface area contributed by atoms with E-state index in [-0.39, 0.29) is 10.8 Å². The van der Waals surface area contributed by atoms with Crippen LogP contribution in [0.5, 0.6) is 0 Å². The molecule has 0 aliphatic rings. The molecule has 0 aliphatic heterocycles. The van der Waals surface area contributed by atoms with Gasteiger partial charge in [0.05, 0.1) is 0 Å². The van der Waals surface area contributed by atoms with Crippen LogP contribution in [0.3, 0.4) is 0 Å². The number of fused-ring (bicyclic) bond motifs is 1. The van der Waals surface area contributed by atoms with Crippen LogP contribution in [-0.4, -0.2) is 31.1 Å². The number of esters is 1. The Kier molecular flexibility index (Phi) is 5.86. The molecule has 0 spiro atoms. The average molecular weight is 352 g/mol. The number of ether oxygens (including phenoxy) is 1. The van der Waals surface area contributed by atoms with E-state index in [0.29, 0.717) is 16.6 Å². The molecule has 1 aromatic heterocycles. The first-order valence-corrected chi connectivity index (χ1v) is 8.11. The average Bonchev–Trinajstić information content (AvgIpc) is 2.96. The Bertz CT molecular complexity index is 773. The van der Waals surface area contributed by atoms with Crippen molar-refractivity contribution >= 4 is 39.3 Å². The second kappa shape index (κ2) is 7.87. The molecule has 1 heterocycles. The summed E-state index contributed by atoms with van der Waals surface area (Å²) in [6.45, 7) is 3.66. The van der Waals surface area contributed by atoms with Crippen molar-refractivity contribution in [2.24, 2.45) is 5.92 Å². The van der Waals surface area contributed by atoms with E-state index in [9.17, 15) is 18.8 Å². The largest absolute Gasteiger partial charge is 0.451 e. The van der Waals surface area contributed by atoms with E-state index in [1.165, 1.54) is 12.1 Å². The molecule has 8 heteroatoms. The molecule has 6 nitrogen and oxygen atoms in total. The Balaban J connectivity index is 1.86. The van der Waals surface area contributed by atoms with E-state index in [1.54, 1.807) is 12.1 Å². The van der Waals surface area contributed by atoms with E-state index < -0.39 is 30.3 Å². The number of imide groups is 1. The molecule has 0 bridgehead atoms. The molecule has 0 unspecified atom stereocenters. The molecule has 128 valence electrons. The van der Waals surface area contributed by atoms with Crippen LogP contribution >= 0.6 is 11.3 Å². The van der Waals surface area contributed by atoms with Gasteiger partial charge in [-0.3, -0.25) is 10.1 Å². The zero-order valence-corrected chi connectivity index (χ0v) is 14.0. The van der Waals surface area contributed by atoms with Crippen molar-refractivity contribution in [1.29, 1.82) is 0 Å². The van der Waals surface area contributed by atoms with Crippen LogP contribution in [0.1, 0.15) is 23.5 Å². The van der Waals surface area contributed by atoms with Crippen molar-refractivity contribution in [2.45, 2.75) is 13.8 Å². The lowest BCUT2D eigenvalue weighted by atomic mass is 10.2. The molecule has 1 aromatic carbocycles. The Labute approximate surface area is 142 Å². The topological polar surface area (TPSA) is 84.5 Å². The van der Waals surface area contributed by atoms with Gasteiger partial charge in [-0.2, -0.15) is 0 Å². The lowest BCUT2D eigenvalue weighted by Gasteiger charge is -2.08. The zero-order valence-electron chi connectivity index (χ0n) is 13.2. The van der Waals surface area contributed by atoms with Gasteiger partial charge in [0.25, 0.3) is 5.91 Å². The number of benzene rings is 1. The van der Waals surface area contributed by atoms with Gasteiger partial charge in [0.1, 0.15) is 10.7 Å². The first kappa shape index (κ1) is 17.9. The number of thiophene rings is 1. The van der Waals surface area contributed by atoms with Crippen molar-refractivity contribution < 1.29 is 23.5 Å². The Hall–Kier alpha value is -2.48. The number of amides is 3. The third kappa shape index (κ3) is 4.76. The minimum atomic E-state index is -0.742. The summed E-state index contributed by atoms with van der Waals surface area (Å²) in [5, 5.41) is 4.89. The van der Waals surface area contributed by atoms with Crippen LogP contribution < -0.4 is 10.6 Å². The molecule has 0 saturated heterocycles. The summed E-state index contributed by atoms with van der Waals surface area (Å²) >= 11 is 1.07. The molecule has 0 aliphatic carbocycles. The van der Waals surface area contributed by atoms with E-state index >= 15 is 0 Å². The van der Waals surface area contributed by atoms with Crippen molar-refractivity contribution in [2.75, 3.05) is 13.2 Å². The second-order valence-electron chi connectivity index (χ2n) is 5.49. The second-order valence-corrected chi connectivity index (χ2v) is 6.57. The van der Waals surface area contributed by atoms with Gasteiger partial charge < -0.3 is 10.1 Å². The van der Waals surface area contributed by atoms with Crippen LogP contribution in [0, 0.1) is 11.7 Å². The summed E-state index contributed by atoms with van der Waals surface area (Å²) in [6, 6.07) is 5.27. The summed E-state index contributed by atoms with van der Waals surface area (Å²) in [5.74, 6) is -1.66. The summed E-state index contributed by atoms with van der Waals surface area (Å²) in [7, 11) is 0. The van der Waals surface area contributed by atoms with Crippen molar-refractivity contribution in [1.82, 2.24) is 10.6 Å². The number of urea groups is 1. The fourth-order valence-corrected chi connectivity index (χ4v) is 2.80. The standard InChI is InChI=1S/C16H17FN2O4S/c1-9(2)7-18-16(22)19-14(20)8-23-15(21)13-6-10-11(17)4-3-5-12(10)24-13/h3-6,9H,7-8H2,1-2H3,(H2,18,19,20,22). The van der Waals surface area contributed by atoms with Gasteiger partial charge in [-0.05, 0) is 24.1 Å². The third-order valence-corrected chi connectivity index (χ3v) is 4.05. The van der Waals surface area contributed by atoms with Gasteiger partial charge in [-0.15, -0.1) is 11.3 Å². The maximum Gasteiger partial charge on any atom is 0.348 e. The number of rotatable bonds is 5. The minimum Gasteiger partial charge on any atom is -0.451 e. The number of carbonyl (C=O) groups excluding carboxylic acids is 3. The number of hydrogen-bond acceptors (Lipinski definition) is 5. The van der Waals surface area contributed by atoms with Crippen LogP contribution in [0.15, 0.2) is 24.3 Å². The number of halogens is 1. The number of nitrogens with one attached hydrogen (secondary N) is 2. The highest BCUT2D eigenvalue weighted by molar-refractivity contribution is 7.20. The molecule has 0 saturated carbocycles.